The van der Waals surface area contributed by atoms with E-state index in [1.807, 2.05) is 36.9 Å². The number of hydrogen-bond donors (Lipinski definition) is 1. The Balaban J connectivity index is 1.57. The molecule has 8 nitrogen and oxygen atoms in total. The van der Waals surface area contributed by atoms with Crippen LogP contribution in [0.15, 0.2) is 29.3 Å². The first-order valence-electron chi connectivity index (χ1n) is 9.65. The van der Waals surface area contributed by atoms with E-state index in [-0.39, 0.29) is 17.5 Å². The molecule has 148 valence electrons. The van der Waals surface area contributed by atoms with Crippen molar-refractivity contribution in [3.63, 3.8) is 0 Å². The van der Waals surface area contributed by atoms with Crippen LogP contribution >= 0.6 is 0 Å². The molecule has 0 amide bonds. The Labute approximate surface area is 163 Å². The maximum Gasteiger partial charge on any atom is 0.262 e. The normalized spacial score (nSPS) is 20.3. The number of pyridine rings is 1. The summed E-state index contributed by atoms with van der Waals surface area (Å²) in [6.45, 7) is 8.89. The zero-order valence-corrected chi connectivity index (χ0v) is 16.7. The Kier molecular flexibility index (Phi) is 4.89. The zero-order chi connectivity index (χ0) is 19.8. The molecular weight excluding hydrogens is 356 g/mol. The molecule has 0 spiro atoms. The summed E-state index contributed by atoms with van der Waals surface area (Å²) in [7, 11) is 1.62. The summed E-state index contributed by atoms with van der Waals surface area (Å²) in [6.07, 6.45) is 3.45. The summed E-state index contributed by atoms with van der Waals surface area (Å²) in [5.74, 6) is 1.94. The molecule has 4 heterocycles. The minimum absolute atomic E-state index is 0.114. The molecule has 4 rings (SSSR count). The van der Waals surface area contributed by atoms with E-state index in [0.717, 1.165) is 31.0 Å². The molecule has 2 atom stereocenters. The smallest absolute Gasteiger partial charge is 0.262 e. The van der Waals surface area contributed by atoms with Gasteiger partial charge >= 0.3 is 0 Å². The van der Waals surface area contributed by atoms with Crippen LogP contribution < -0.4 is 10.3 Å². The predicted octanol–water partition coefficient (Wildman–Crippen LogP) is 2.34. The predicted molar refractivity (Wildman–Crippen MR) is 107 cm³/mol. The van der Waals surface area contributed by atoms with Gasteiger partial charge in [0.1, 0.15) is 11.2 Å². The lowest BCUT2D eigenvalue weighted by atomic mass is 9.97. The molecule has 1 aliphatic rings. The van der Waals surface area contributed by atoms with Gasteiger partial charge in [-0.1, -0.05) is 13.0 Å². The summed E-state index contributed by atoms with van der Waals surface area (Å²) >= 11 is 0. The van der Waals surface area contributed by atoms with E-state index in [1.54, 1.807) is 13.3 Å². The highest BCUT2D eigenvalue weighted by Crippen LogP contribution is 2.31. The second-order valence-electron chi connectivity index (χ2n) is 7.86. The van der Waals surface area contributed by atoms with Crippen LogP contribution in [0.2, 0.25) is 0 Å². The van der Waals surface area contributed by atoms with Crippen molar-refractivity contribution in [2.75, 3.05) is 20.2 Å². The number of ether oxygens (including phenoxy) is 1. The van der Waals surface area contributed by atoms with Crippen LogP contribution in [-0.2, 0) is 6.54 Å². The van der Waals surface area contributed by atoms with Crippen molar-refractivity contribution in [1.29, 1.82) is 0 Å². The number of nitrogens with one attached hydrogen (secondary N) is 1. The Morgan fingerprint density at radius 2 is 2.11 bits per heavy atom. The van der Waals surface area contributed by atoms with Crippen molar-refractivity contribution < 1.29 is 4.74 Å². The fourth-order valence-electron chi connectivity index (χ4n) is 3.94. The molecule has 0 aliphatic carbocycles. The van der Waals surface area contributed by atoms with E-state index >= 15 is 0 Å². The van der Waals surface area contributed by atoms with Crippen LogP contribution in [0.1, 0.15) is 44.1 Å². The molecule has 8 heteroatoms. The van der Waals surface area contributed by atoms with E-state index < -0.39 is 0 Å². The summed E-state index contributed by atoms with van der Waals surface area (Å²) in [4.78, 5) is 27.0. The van der Waals surface area contributed by atoms with Crippen molar-refractivity contribution in [2.45, 2.75) is 39.3 Å². The quantitative estimate of drug-likeness (QED) is 0.729. The van der Waals surface area contributed by atoms with E-state index in [0.29, 0.717) is 22.8 Å². The third kappa shape index (κ3) is 3.40. The van der Waals surface area contributed by atoms with Gasteiger partial charge in [-0.25, -0.2) is 14.6 Å². The number of H-pyrrole nitrogens is 1. The number of methoxy groups -OCH3 is 1. The molecule has 0 aromatic carbocycles. The number of nitrogens with zero attached hydrogens (tertiary/aromatic N) is 5. The topological polar surface area (TPSA) is 88.9 Å². The number of fused-ring (bicyclic) bond motifs is 1. The Bertz CT molecular complexity index is 1020. The maximum atomic E-state index is 12.5. The fraction of sp³-hybridized carbons (Fsp3) is 0.500. The first-order chi connectivity index (χ1) is 13.5. The third-order valence-electron chi connectivity index (χ3n) is 5.42. The molecule has 0 saturated carbocycles. The molecule has 1 N–H and O–H groups in total. The molecule has 28 heavy (non-hydrogen) atoms. The van der Waals surface area contributed by atoms with Crippen LogP contribution in [-0.4, -0.2) is 49.8 Å². The molecule has 0 bridgehead atoms. The minimum atomic E-state index is -0.114. The monoisotopic (exact) mass is 382 g/mol. The third-order valence-corrected chi connectivity index (χ3v) is 5.42. The van der Waals surface area contributed by atoms with Crippen LogP contribution in [0.4, 0.5) is 0 Å². The van der Waals surface area contributed by atoms with Crippen LogP contribution in [0.25, 0.3) is 11.0 Å². The van der Waals surface area contributed by atoms with Gasteiger partial charge in [0.05, 0.1) is 13.3 Å². The highest BCUT2D eigenvalue weighted by Gasteiger charge is 2.33. The Morgan fingerprint density at radius 3 is 2.79 bits per heavy atom. The molecular formula is C20H26N6O2. The van der Waals surface area contributed by atoms with E-state index in [1.165, 1.54) is 0 Å². The largest absolute Gasteiger partial charge is 0.481 e. The van der Waals surface area contributed by atoms with E-state index in [4.69, 9.17) is 9.72 Å². The van der Waals surface area contributed by atoms with Gasteiger partial charge in [-0.2, -0.15) is 5.10 Å². The second kappa shape index (κ2) is 7.35. The van der Waals surface area contributed by atoms with Crippen molar-refractivity contribution in [2.24, 2.45) is 5.92 Å². The number of aromatic amines is 1. The fourth-order valence-corrected chi connectivity index (χ4v) is 3.94. The summed E-state index contributed by atoms with van der Waals surface area (Å²) in [5, 5.41) is 4.88. The lowest BCUT2D eigenvalue weighted by Gasteiger charge is -2.16. The SMILES string of the molecule is COc1ccc(CN2C[C@@H](C)[C@H](c3nc4c(cnn4C(C)C)c(=O)[nH]3)C2)cn1. The number of hydrogen-bond acceptors (Lipinski definition) is 6. The maximum absolute atomic E-state index is 12.5. The van der Waals surface area contributed by atoms with Gasteiger partial charge in [-0.15, -0.1) is 0 Å². The molecule has 1 aliphatic heterocycles. The first-order valence-corrected chi connectivity index (χ1v) is 9.65. The average molecular weight is 382 g/mol. The lowest BCUT2D eigenvalue weighted by molar-refractivity contribution is 0.317. The van der Waals surface area contributed by atoms with Crippen LogP contribution in [0, 0.1) is 5.92 Å². The number of aromatic nitrogens is 5. The van der Waals surface area contributed by atoms with Crippen molar-refractivity contribution >= 4 is 11.0 Å². The Morgan fingerprint density at radius 1 is 1.29 bits per heavy atom. The number of rotatable bonds is 5. The molecule has 3 aromatic heterocycles. The van der Waals surface area contributed by atoms with Gasteiger partial charge < -0.3 is 9.72 Å². The molecule has 1 saturated heterocycles. The van der Waals surface area contributed by atoms with E-state index in [9.17, 15) is 4.79 Å². The summed E-state index contributed by atoms with van der Waals surface area (Å²) in [5.41, 5.74) is 1.69. The van der Waals surface area contributed by atoms with Crippen molar-refractivity contribution in [1.82, 2.24) is 29.6 Å². The minimum Gasteiger partial charge on any atom is -0.481 e. The van der Waals surface area contributed by atoms with Crippen molar-refractivity contribution in [3.8, 4) is 5.88 Å². The molecule has 3 aromatic rings. The highest BCUT2D eigenvalue weighted by molar-refractivity contribution is 5.73. The van der Waals surface area contributed by atoms with E-state index in [2.05, 4.69) is 26.9 Å². The van der Waals surface area contributed by atoms with Gasteiger partial charge in [0.25, 0.3) is 5.56 Å². The number of likely N-dealkylation sites (tertiary alicyclic amines) is 1. The van der Waals surface area contributed by atoms with Gasteiger partial charge in [0, 0.05) is 43.9 Å². The summed E-state index contributed by atoms with van der Waals surface area (Å²) < 4.78 is 6.94. The second-order valence-corrected chi connectivity index (χ2v) is 7.86. The molecule has 1 fully saturated rings. The standard InChI is InChI=1S/C20H26N6O2/c1-12(2)26-19-15(8-22-26)20(27)24-18(23-19)16-11-25(9-13(16)3)10-14-5-6-17(28-4)21-7-14/h5-8,12-13,16H,9-11H2,1-4H3,(H,23,24,27)/t13-,16-/m1/s1. The summed E-state index contributed by atoms with van der Waals surface area (Å²) in [6, 6.07) is 4.07. The lowest BCUT2D eigenvalue weighted by Crippen LogP contribution is -2.21. The van der Waals surface area contributed by atoms with Gasteiger partial charge in [-0.3, -0.25) is 9.69 Å². The molecule has 0 unspecified atom stereocenters. The van der Waals surface area contributed by atoms with Gasteiger partial charge in [0.2, 0.25) is 5.88 Å². The van der Waals surface area contributed by atoms with Crippen molar-refractivity contribution in [3.05, 3.63) is 46.3 Å². The first kappa shape index (κ1) is 18.6. The average Bonchev–Trinajstić information content (AvgIpc) is 3.26. The van der Waals surface area contributed by atoms with Gasteiger partial charge in [-0.05, 0) is 25.3 Å². The van der Waals surface area contributed by atoms with Crippen LogP contribution in [0.3, 0.4) is 0 Å². The molecule has 0 radical (unpaired) electrons. The Hall–Kier alpha value is -2.74. The van der Waals surface area contributed by atoms with Crippen LogP contribution in [0.5, 0.6) is 5.88 Å². The zero-order valence-electron chi connectivity index (χ0n) is 16.7. The highest BCUT2D eigenvalue weighted by atomic mass is 16.5. The van der Waals surface area contributed by atoms with Gasteiger partial charge in [0.15, 0.2) is 5.65 Å².